The van der Waals surface area contributed by atoms with Gasteiger partial charge in [-0.3, -0.25) is 15.0 Å². The summed E-state index contributed by atoms with van der Waals surface area (Å²) in [6.07, 6.45) is 0.820. The Labute approximate surface area is 147 Å². The molecule has 130 valence electrons. The second kappa shape index (κ2) is 8.54. The van der Waals surface area contributed by atoms with Crippen molar-refractivity contribution in [1.29, 1.82) is 0 Å². The lowest BCUT2D eigenvalue weighted by Gasteiger charge is -2.34. The number of halogens is 2. The summed E-state index contributed by atoms with van der Waals surface area (Å²) in [5, 5.41) is 14.7. The molecule has 1 aromatic carbocycles. The van der Waals surface area contributed by atoms with Crippen LogP contribution in [0.1, 0.15) is 24.9 Å². The molecule has 0 unspecified atom stereocenters. The lowest BCUT2D eigenvalue weighted by Crippen LogP contribution is -2.45. The Bertz CT molecular complexity index is 553. The average Bonchev–Trinajstić information content (AvgIpc) is 2.95. The van der Waals surface area contributed by atoms with E-state index in [1.54, 1.807) is 6.07 Å². The van der Waals surface area contributed by atoms with Crippen molar-refractivity contribution in [1.82, 2.24) is 10.2 Å². The SMILES string of the molecule is CC[C@@H](c1cc2c(cc1[N+](=O)[O-])OCO2)N1CCNCC1.Cl.Cl. The Hall–Kier alpha value is -1.28. The van der Waals surface area contributed by atoms with E-state index in [-0.39, 0.29) is 48.3 Å². The fourth-order valence-corrected chi connectivity index (χ4v) is 3.04. The summed E-state index contributed by atoms with van der Waals surface area (Å²) < 4.78 is 10.6. The number of nitro benzene ring substituents is 1. The van der Waals surface area contributed by atoms with E-state index in [9.17, 15) is 10.1 Å². The van der Waals surface area contributed by atoms with E-state index in [2.05, 4.69) is 17.1 Å². The van der Waals surface area contributed by atoms with Gasteiger partial charge in [0.05, 0.1) is 16.6 Å². The van der Waals surface area contributed by atoms with E-state index in [1.165, 1.54) is 6.07 Å². The number of hydrogen-bond donors (Lipinski definition) is 1. The van der Waals surface area contributed by atoms with Gasteiger partial charge in [-0.25, -0.2) is 0 Å². The van der Waals surface area contributed by atoms with Gasteiger partial charge in [-0.1, -0.05) is 6.92 Å². The topological polar surface area (TPSA) is 76.9 Å². The third kappa shape index (κ3) is 3.98. The van der Waals surface area contributed by atoms with Crippen molar-refractivity contribution >= 4 is 30.5 Å². The summed E-state index contributed by atoms with van der Waals surface area (Å²) in [6.45, 7) is 5.79. The molecule has 2 heterocycles. The highest BCUT2D eigenvalue weighted by Gasteiger charge is 2.30. The number of piperazine rings is 1. The van der Waals surface area contributed by atoms with Crippen LogP contribution in [0.25, 0.3) is 0 Å². The largest absolute Gasteiger partial charge is 0.454 e. The summed E-state index contributed by atoms with van der Waals surface area (Å²) in [5.74, 6) is 1.06. The van der Waals surface area contributed by atoms with Crippen LogP contribution >= 0.6 is 24.8 Å². The number of benzene rings is 1. The normalized spacial score (nSPS) is 17.8. The highest BCUT2D eigenvalue weighted by molar-refractivity contribution is 5.85. The molecule has 3 rings (SSSR count). The van der Waals surface area contributed by atoms with Gasteiger partial charge < -0.3 is 14.8 Å². The van der Waals surface area contributed by atoms with E-state index in [0.717, 1.165) is 32.6 Å². The quantitative estimate of drug-likeness (QED) is 0.652. The third-order valence-corrected chi connectivity index (χ3v) is 4.06. The summed E-state index contributed by atoms with van der Waals surface area (Å²) in [5.41, 5.74) is 0.832. The minimum absolute atomic E-state index is 0. The van der Waals surface area contributed by atoms with Crippen molar-refractivity contribution in [3.05, 3.63) is 27.8 Å². The van der Waals surface area contributed by atoms with E-state index in [0.29, 0.717) is 17.1 Å². The van der Waals surface area contributed by atoms with Crippen molar-refractivity contribution in [2.24, 2.45) is 0 Å². The molecule has 2 aliphatic rings. The Morgan fingerprint density at radius 1 is 1.26 bits per heavy atom. The van der Waals surface area contributed by atoms with Crippen LogP contribution in [0.3, 0.4) is 0 Å². The smallest absolute Gasteiger partial charge is 0.278 e. The lowest BCUT2D eigenvalue weighted by atomic mass is 9.99. The number of ether oxygens (including phenoxy) is 2. The molecule has 23 heavy (non-hydrogen) atoms. The molecular weight excluding hydrogens is 345 g/mol. The maximum Gasteiger partial charge on any atom is 0.278 e. The fraction of sp³-hybridized carbons (Fsp3) is 0.571. The van der Waals surface area contributed by atoms with Crippen molar-refractivity contribution in [2.75, 3.05) is 33.0 Å². The average molecular weight is 366 g/mol. The first kappa shape index (κ1) is 19.8. The van der Waals surface area contributed by atoms with Gasteiger partial charge in [-0.15, -0.1) is 24.8 Å². The lowest BCUT2D eigenvalue weighted by molar-refractivity contribution is -0.386. The van der Waals surface area contributed by atoms with Gasteiger partial charge in [0.15, 0.2) is 11.5 Å². The number of rotatable bonds is 4. The van der Waals surface area contributed by atoms with Crippen LogP contribution in [-0.2, 0) is 0 Å². The van der Waals surface area contributed by atoms with E-state index >= 15 is 0 Å². The van der Waals surface area contributed by atoms with Crippen molar-refractivity contribution in [2.45, 2.75) is 19.4 Å². The van der Waals surface area contributed by atoms with Gasteiger partial charge in [-0.05, 0) is 12.5 Å². The Morgan fingerprint density at radius 2 is 1.87 bits per heavy atom. The molecule has 0 saturated carbocycles. The van der Waals surface area contributed by atoms with Crippen LogP contribution < -0.4 is 14.8 Å². The zero-order chi connectivity index (χ0) is 14.8. The number of hydrogen-bond acceptors (Lipinski definition) is 6. The molecule has 0 aromatic heterocycles. The van der Waals surface area contributed by atoms with E-state index in [4.69, 9.17) is 9.47 Å². The monoisotopic (exact) mass is 365 g/mol. The highest BCUT2D eigenvalue weighted by Crippen LogP contribution is 2.42. The molecule has 1 fully saturated rings. The summed E-state index contributed by atoms with van der Waals surface area (Å²) >= 11 is 0. The van der Waals surface area contributed by atoms with Gasteiger partial charge in [0.1, 0.15) is 0 Å². The number of nitrogens with zero attached hydrogens (tertiary/aromatic N) is 2. The molecule has 1 atom stereocenters. The molecule has 2 aliphatic heterocycles. The number of nitrogens with one attached hydrogen (secondary N) is 1. The molecule has 1 aromatic rings. The Morgan fingerprint density at radius 3 is 2.43 bits per heavy atom. The van der Waals surface area contributed by atoms with E-state index < -0.39 is 0 Å². The molecule has 7 nitrogen and oxygen atoms in total. The van der Waals surface area contributed by atoms with Crippen LogP contribution in [0.5, 0.6) is 11.5 Å². The van der Waals surface area contributed by atoms with Crippen LogP contribution in [-0.4, -0.2) is 42.8 Å². The molecule has 0 spiro atoms. The Kier molecular flexibility index (Phi) is 7.34. The fourth-order valence-electron chi connectivity index (χ4n) is 3.04. The van der Waals surface area contributed by atoms with Crippen LogP contribution in [0.2, 0.25) is 0 Å². The molecule has 1 saturated heterocycles. The summed E-state index contributed by atoms with van der Waals surface area (Å²) in [7, 11) is 0. The van der Waals surface area contributed by atoms with Gasteiger partial charge >= 0.3 is 0 Å². The van der Waals surface area contributed by atoms with E-state index in [1.807, 2.05) is 0 Å². The zero-order valence-corrected chi connectivity index (χ0v) is 14.5. The van der Waals surface area contributed by atoms with Crippen molar-refractivity contribution in [3.63, 3.8) is 0 Å². The number of fused-ring (bicyclic) bond motifs is 1. The van der Waals surface area contributed by atoms with Gasteiger partial charge in [-0.2, -0.15) is 0 Å². The molecule has 1 N–H and O–H groups in total. The van der Waals surface area contributed by atoms with Crippen LogP contribution in [0, 0.1) is 10.1 Å². The molecule has 0 bridgehead atoms. The molecule has 0 radical (unpaired) electrons. The predicted octanol–water partition coefficient (Wildman–Crippen LogP) is 2.52. The van der Waals surface area contributed by atoms with Crippen molar-refractivity contribution in [3.8, 4) is 11.5 Å². The number of nitro groups is 1. The maximum atomic E-state index is 11.4. The zero-order valence-electron chi connectivity index (χ0n) is 12.8. The van der Waals surface area contributed by atoms with Gasteiger partial charge in [0.2, 0.25) is 6.79 Å². The second-order valence-electron chi connectivity index (χ2n) is 5.23. The van der Waals surface area contributed by atoms with Gasteiger partial charge in [0, 0.05) is 32.2 Å². The first-order valence-electron chi connectivity index (χ1n) is 7.23. The summed E-state index contributed by atoms with van der Waals surface area (Å²) in [6, 6.07) is 3.29. The summed E-state index contributed by atoms with van der Waals surface area (Å²) in [4.78, 5) is 13.4. The predicted molar refractivity (Wildman–Crippen MR) is 91.2 cm³/mol. The Balaban J connectivity index is 0.00000132. The first-order chi connectivity index (χ1) is 10.2. The maximum absolute atomic E-state index is 11.4. The standard InChI is InChI=1S/C14H19N3O4.2ClH/c1-2-11(16-5-3-15-4-6-16)10-7-13-14(21-9-20-13)8-12(10)17(18)19;;/h7-8,11,15H,2-6,9H2,1H3;2*1H/t11-;;/m0../s1. The molecule has 9 heteroatoms. The third-order valence-electron chi connectivity index (χ3n) is 4.06. The van der Waals surface area contributed by atoms with Crippen LogP contribution in [0.4, 0.5) is 5.69 Å². The van der Waals surface area contributed by atoms with Gasteiger partial charge in [0.25, 0.3) is 5.69 Å². The molecular formula is C14H21Cl2N3O4. The minimum Gasteiger partial charge on any atom is -0.454 e. The first-order valence-corrected chi connectivity index (χ1v) is 7.23. The second-order valence-corrected chi connectivity index (χ2v) is 5.23. The highest BCUT2D eigenvalue weighted by atomic mass is 35.5. The molecule has 0 aliphatic carbocycles. The van der Waals surface area contributed by atoms with Crippen LogP contribution in [0.15, 0.2) is 12.1 Å². The minimum atomic E-state index is -0.331. The molecule has 0 amide bonds. The van der Waals surface area contributed by atoms with Crippen molar-refractivity contribution < 1.29 is 14.4 Å².